The Kier molecular flexibility index (Phi) is 5.62. The van der Waals surface area contributed by atoms with Gasteiger partial charge < -0.3 is 14.4 Å². The van der Waals surface area contributed by atoms with Crippen molar-refractivity contribution < 1.29 is 9.47 Å². The zero-order chi connectivity index (χ0) is 18.6. The molecule has 1 heterocycles. The third-order valence-corrected chi connectivity index (χ3v) is 4.68. The van der Waals surface area contributed by atoms with Crippen LogP contribution >= 0.6 is 0 Å². The van der Waals surface area contributed by atoms with Crippen LogP contribution in [0, 0.1) is 0 Å². The van der Waals surface area contributed by atoms with Crippen LogP contribution in [0.2, 0.25) is 0 Å². The molecule has 1 fully saturated rings. The van der Waals surface area contributed by atoms with E-state index >= 15 is 0 Å². The normalized spacial score (nSPS) is 15.5. The van der Waals surface area contributed by atoms with Gasteiger partial charge in [0.1, 0.15) is 5.75 Å². The molecule has 138 valence electrons. The molecule has 2 aromatic rings. The molecular formula is C22H28N2O2. The number of morpholine rings is 1. The minimum Gasteiger partial charge on any atom is -0.496 e. The van der Waals surface area contributed by atoms with Crippen LogP contribution in [0.1, 0.15) is 31.9 Å². The number of hydrogen-bond acceptors (Lipinski definition) is 4. The third kappa shape index (κ3) is 4.44. The number of ether oxygens (including phenoxy) is 2. The molecule has 3 rings (SSSR count). The van der Waals surface area contributed by atoms with Gasteiger partial charge in [0.25, 0.3) is 0 Å². The van der Waals surface area contributed by atoms with Crippen LogP contribution < -0.4 is 9.64 Å². The largest absolute Gasteiger partial charge is 0.496 e. The molecule has 0 atom stereocenters. The molecule has 4 nitrogen and oxygen atoms in total. The van der Waals surface area contributed by atoms with Crippen LogP contribution in [0.15, 0.2) is 47.5 Å². The Labute approximate surface area is 156 Å². The maximum Gasteiger partial charge on any atom is 0.129 e. The predicted octanol–water partition coefficient (Wildman–Crippen LogP) is 4.58. The number of rotatable bonds is 4. The summed E-state index contributed by atoms with van der Waals surface area (Å²) in [4.78, 5) is 6.93. The number of nitrogens with zero attached hydrogens (tertiary/aromatic N) is 2. The maximum absolute atomic E-state index is 5.58. The first-order valence-electron chi connectivity index (χ1n) is 9.13. The predicted molar refractivity (Wildman–Crippen MR) is 108 cm³/mol. The smallest absolute Gasteiger partial charge is 0.129 e. The van der Waals surface area contributed by atoms with Gasteiger partial charge in [0.2, 0.25) is 0 Å². The first-order valence-corrected chi connectivity index (χ1v) is 9.13. The number of aliphatic imine (C=N–C) groups is 1. The Balaban J connectivity index is 1.77. The van der Waals surface area contributed by atoms with E-state index in [9.17, 15) is 0 Å². The molecule has 2 aromatic carbocycles. The summed E-state index contributed by atoms with van der Waals surface area (Å²) < 4.78 is 11.0. The minimum atomic E-state index is 0.154. The molecule has 0 amide bonds. The lowest BCUT2D eigenvalue weighted by Crippen LogP contribution is -2.36. The van der Waals surface area contributed by atoms with Gasteiger partial charge in [-0.3, -0.25) is 4.99 Å². The number of hydrogen-bond donors (Lipinski definition) is 0. The molecule has 1 saturated heterocycles. The summed E-state index contributed by atoms with van der Waals surface area (Å²) in [6.07, 6.45) is 1.87. The van der Waals surface area contributed by atoms with Crippen molar-refractivity contribution in [3.8, 4) is 5.75 Å². The van der Waals surface area contributed by atoms with Crippen LogP contribution in [0.3, 0.4) is 0 Å². The molecule has 0 aromatic heterocycles. The molecule has 26 heavy (non-hydrogen) atoms. The molecule has 0 radical (unpaired) electrons. The molecule has 4 heteroatoms. The van der Waals surface area contributed by atoms with E-state index in [1.165, 1.54) is 5.56 Å². The second kappa shape index (κ2) is 7.92. The van der Waals surface area contributed by atoms with Crippen molar-refractivity contribution in [2.75, 3.05) is 38.3 Å². The molecule has 1 aliphatic rings. The molecular weight excluding hydrogens is 324 g/mol. The van der Waals surface area contributed by atoms with Crippen molar-refractivity contribution >= 4 is 17.6 Å². The summed E-state index contributed by atoms with van der Waals surface area (Å²) in [5.74, 6) is 0.837. The SMILES string of the molecule is COc1cc(N2CCOCC2)ccc1C=Nc1ccc(C(C)(C)C)cc1. The van der Waals surface area contributed by atoms with Crippen LogP contribution in [0.4, 0.5) is 11.4 Å². The van der Waals surface area contributed by atoms with Gasteiger partial charge in [0, 0.05) is 36.6 Å². The Morgan fingerprint density at radius 2 is 1.73 bits per heavy atom. The zero-order valence-electron chi connectivity index (χ0n) is 16.2. The Bertz CT molecular complexity index is 755. The summed E-state index contributed by atoms with van der Waals surface area (Å²) in [7, 11) is 1.70. The average Bonchev–Trinajstić information content (AvgIpc) is 2.66. The molecule has 0 aliphatic carbocycles. The van der Waals surface area contributed by atoms with Gasteiger partial charge in [-0.15, -0.1) is 0 Å². The maximum atomic E-state index is 5.58. The Morgan fingerprint density at radius 1 is 1.04 bits per heavy atom. The topological polar surface area (TPSA) is 34.1 Å². The fourth-order valence-electron chi connectivity index (χ4n) is 3.02. The zero-order valence-corrected chi connectivity index (χ0v) is 16.2. The highest BCUT2D eigenvalue weighted by Gasteiger charge is 2.14. The van der Waals surface area contributed by atoms with Gasteiger partial charge in [-0.2, -0.15) is 0 Å². The van der Waals surface area contributed by atoms with E-state index in [2.05, 4.69) is 73.1 Å². The van der Waals surface area contributed by atoms with E-state index in [1.54, 1.807) is 7.11 Å². The van der Waals surface area contributed by atoms with Gasteiger partial charge >= 0.3 is 0 Å². The first-order chi connectivity index (χ1) is 12.5. The van der Waals surface area contributed by atoms with Crippen molar-refractivity contribution in [1.82, 2.24) is 0 Å². The fraction of sp³-hybridized carbons (Fsp3) is 0.409. The van der Waals surface area contributed by atoms with E-state index in [4.69, 9.17) is 9.47 Å². The van der Waals surface area contributed by atoms with E-state index in [1.807, 2.05) is 6.21 Å². The monoisotopic (exact) mass is 352 g/mol. The van der Waals surface area contributed by atoms with Crippen LogP contribution in [-0.4, -0.2) is 39.6 Å². The van der Waals surface area contributed by atoms with Gasteiger partial charge in [0.15, 0.2) is 0 Å². The van der Waals surface area contributed by atoms with Crippen LogP contribution in [-0.2, 0) is 10.2 Å². The highest BCUT2D eigenvalue weighted by Crippen LogP contribution is 2.27. The van der Waals surface area contributed by atoms with Gasteiger partial charge in [0.05, 0.1) is 26.0 Å². The third-order valence-electron chi connectivity index (χ3n) is 4.68. The quantitative estimate of drug-likeness (QED) is 0.755. The average molecular weight is 352 g/mol. The van der Waals surface area contributed by atoms with Crippen LogP contribution in [0.25, 0.3) is 0 Å². The number of benzene rings is 2. The van der Waals surface area contributed by atoms with Crippen molar-refractivity contribution in [3.05, 3.63) is 53.6 Å². The Morgan fingerprint density at radius 3 is 2.35 bits per heavy atom. The molecule has 0 spiro atoms. The molecule has 0 N–H and O–H groups in total. The highest BCUT2D eigenvalue weighted by atomic mass is 16.5. The minimum absolute atomic E-state index is 0.154. The van der Waals surface area contributed by atoms with Gasteiger partial charge in [-0.25, -0.2) is 0 Å². The summed E-state index contributed by atoms with van der Waals surface area (Å²) in [6, 6.07) is 14.7. The van der Waals surface area contributed by atoms with Crippen molar-refractivity contribution in [3.63, 3.8) is 0 Å². The summed E-state index contributed by atoms with van der Waals surface area (Å²) in [6.45, 7) is 10.0. The van der Waals surface area contributed by atoms with E-state index in [-0.39, 0.29) is 5.41 Å². The molecule has 0 bridgehead atoms. The lowest BCUT2D eigenvalue weighted by atomic mass is 9.87. The summed E-state index contributed by atoms with van der Waals surface area (Å²) >= 11 is 0. The van der Waals surface area contributed by atoms with Crippen LogP contribution in [0.5, 0.6) is 5.75 Å². The molecule has 0 unspecified atom stereocenters. The standard InChI is InChI=1S/C22H28N2O2/c1-22(2,3)18-6-8-19(9-7-18)23-16-17-5-10-20(15-21(17)25-4)24-11-13-26-14-12-24/h5-10,15-16H,11-14H2,1-4H3. The second-order valence-electron chi connectivity index (χ2n) is 7.58. The van der Waals surface area contributed by atoms with Crippen molar-refractivity contribution in [2.45, 2.75) is 26.2 Å². The number of methoxy groups -OCH3 is 1. The van der Waals surface area contributed by atoms with Gasteiger partial charge in [-0.1, -0.05) is 32.9 Å². The first kappa shape index (κ1) is 18.5. The van der Waals surface area contributed by atoms with Crippen molar-refractivity contribution in [2.24, 2.45) is 4.99 Å². The molecule has 0 saturated carbocycles. The number of anilines is 1. The molecule has 1 aliphatic heterocycles. The van der Waals surface area contributed by atoms with Gasteiger partial charge in [-0.05, 0) is 35.2 Å². The summed E-state index contributed by atoms with van der Waals surface area (Å²) in [5, 5.41) is 0. The van der Waals surface area contributed by atoms with E-state index in [0.29, 0.717) is 0 Å². The second-order valence-corrected chi connectivity index (χ2v) is 7.58. The fourth-order valence-corrected chi connectivity index (χ4v) is 3.02. The highest BCUT2D eigenvalue weighted by molar-refractivity contribution is 5.86. The van der Waals surface area contributed by atoms with Crippen molar-refractivity contribution in [1.29, 1.82) is 0 Å². The lowest BCUT2D eigenvalue weighted by Gasteiger charge is -2.29. The lowest BCUT2D eigenvalue weighted by molar-refractivity contribution is 0.122. The van der Waals surface area contributed by atoms with E-state index < -0.39 is 0 Å². The summed E-state index contributed by atoms with van der Waals surface area (Å²) in [5.41, 5.74) is 4.54. The Hall–Kier alpha value is -2.33. The van der Waals surface area contributed by atoms with E-state index in [0.717, 1.165) is 49.0 Å².